The molecule has 1 aromatic carbocycles. The first-order chi connectivity index (χ1) is 7.93. The fraction of sp³-hybridized carbons (Fsp3) is 0.500. The van der Waals surface area contributed by atoms with Crippen LogP contribution in [-0.2, 0) is 20.3 Å². The molecule has 96 valence electrons. The highest BCUT2D eigenvalue weighted by Crippen LogP contribution is 2.11. The van der Waals surface area contributed by atoms with Gasteiger partial charge in [0.2, 0.25) is 0 Å². The summed E-state index contributed by atoms with van der Waals surface area (Å²) >= 11 is 0. The van der Waals surface area contributed by atoms with E-state index in [-0.39, 0.29) is 23.2 Å². The van der Waals surface area contributed by atoms with Gasteiger partial charge in [-0.3, -0.25) is 0 Å². The second-order valence-electron chi connectivity index (χ2n) is 4.24. The molecule has 17 heavy (non-hydrogen) atoms. The summed E-state index contributed by atoms with van der Waals surface area (Å²) < 4.78 is 41.2. The van der Waals surface area contributed by atoms with Crippen LogP contribution < -0.4 is 0 Å². The van der Waals surface area contributed by atoms with Crippen LogP contribution >= 0.6 is 0 Å². The summed E-state index contributed by atoms with van der Waals surface area (Å²) in [6.07, 6.45) is 0. The molecule has 0 fully saturated rings. The fourth-order valence-corrected chi connectivity index (χ4v) is 3.44. The number of methoxy groups -OCH3 is 1. The number of sulfone groups is 1. The summed E-state index contributed by atoms with van der Waals surface area (Å²) in [5.74, 6) is -0.371. The normalized spacial score (nSPS) is 13.6. The Morgan fingerprint density at radius 1 is 1.29 bits per heavy atom. The second kappa shape index (κ2) is 6.12. The predicted octanol–water partition coefficient (Wildman–Crippen LogP) is 2.02. The van der Waals surface area contributed by atoms with Crippen molar-refractivity contribution in [3.05, 3.63) is 35.6 Å². The van der Waals surface area contributed by atoms with E-state index in [1.807, 2.05) is 6.92 Å². The van der Waals surface area contributed by atoms with Crippen molar-refractivity contribution in [2.45, 2.75) is 12.7 Å². The van der Waals surface area contributed by atoms with E-state index in [9.17, 15) is 12.8 Å². The van der Waals surface area contributed by atoms with Gasteiger partial charge in [0, 0.05) is 13.7 Å². The van der Waals surface area contributed by atoms with Crippen molar-refractivity contribution in [2.75, 3.05) is 19.5 Å². The number of benzene rings is 1. The van der Waals surface area contributed by atoms with Crippen LogP contribution in [0.1, 0.15) is 12.5 Å². The molecule has 0 saturated heterocycles. The lowest BCUT2D eigenvalue weighted by Gasteiger charge is -2.10. The summed E-state index contributed by atoms with van der Waals surface area (Å²) in [6, 6.07) is 5.52. The molecule has 1 atom stereocenters. The second-order valence-corrected chi connectivity index (χ2v) is 6.35. The van der Waals surface area contributed by atoms with Crippen LogP contribution in [-0.4, -0.2) is 27.9 Å². The van der Waals surface area contributed by atoms with Gasteiger partial charge in [0.25, 0.3) is 0 Å². The van der Waals surface area contributed by atoms with Crippen molar-refractivity contribution in [3.8, 4) is 0 Å². The molecule has 1 rings (SSSR count). The van der Waals surface area contributed by atoms with Gasteiger partial charge in [-0.2, -0.15) is 0 Å². The Kier molecular flexibility index (Phi) is 5.08. The number of ether oxygens (including phenoxy) is 1. The zero-order valence-electron chi connectivity index (χ0n) is 10.0. The molecule has 0 radical (unpaired) electrons. The molecule has 1 aromatic rings. The van der Waals surface area contributed by atoms with E-state index in [4.69, 9.17) is 4.74 Å². The van der Waals surface area contributed by atoms with Gasteiger partial charge in [0.15, 0.2) is 9.84 Å². The fourth-order valence-electron chi connectivity index (χ4n) is 1.66. The molecule has 0 aliphatic carbocycles. The summed E-state index contributed by atoms with van der Waals surface area (Å²) in [5, 5.41) is 0. The molecule has 0 saturated carbocycles. The van der Waals surface area contributed by atoms with Gasteiger partial charge in [0.05, 0.1) is 11.5 Å². The van der Waals surface area contributed by atoms with Gasteiger partial charge in [0.1, 0.15) is 5.82 Å². The molecule has 0 amide bonds. The van der Waals surface area contributed by atoms with Crippen molar-refractivity contribution in [1.29, 1.82) is 0 Å². The number of hydrogen-bond donors (Lipinski definition) is 0. The van der Waals surface area contributed by atoms with Crippen LogP contribution in [0.3, 0.4) is 0 Å². The van der Waals surface area contributed by atoms with E-state index >= 15 is 0 Å². The third kappa shape index (κ3) is 5.28. The maximum atomic E-state index is 12.7. The third-order valence-electron chi connectivity index (χ3n) is 2.29. The van der Waals surface area contributed by atoms with E-state index in [1.165, 1.54) is 24.3 Å². The molecule has 0 aliphatic rings. The van der Waals surface area contributed by atoms with E-state index in [0.29, 0.717) is 12.2 Å². The van der Waals surface area contributed by atoms with E-state index < -0.39 is 9.84 Å². The zero-order chi connectivity index (χ0) is 12.9. The average molecular weight is 260 g/mol. The Bertz CT molecular complexity index is 439. The molecule has 0 heterocycles. The first kappa shape index (κ1) is 14.1. The molecule has 0 aliphatic heterocycles. The topological polar surface area (TPSA) is 43.4 Å². The molecule has 0 aromatic heterocycles. The summed E-state index contributed by atoms with van der Waals surface area (Å²) in [6.45, 7) is 2.24. The molecular weight excluding hydrogens is 243 g/mol. The molecule has 0 N–H and O–H groups in total. The molecular formula is C12H17FO3S. The van der Waals surface area contributed by atoms with E-state index in [1.54, 1.807) is 7.11 Å². The Labute approximate surface area is 102 Å². The number of hydrogen-bond acceptors (Lipinski definition) is 3. The lowest BCUT2D eigenvalue weighted by molar-refractivity contribution is 0.167. The number of rotatable bonds is 6. The third-order valence-corrected chi connectivity index (χ3v) is 4.14. The van der Waals surface area contributed by atoms with Gasteiger partial charge >= 0.3 is 0 Å². The highest BCUT2D eigenvalue weighted by Gasteiger charge is 2.16. The van der Waals surface area contributed by atoms with Crippen molar-refractivity contribution in [1.82, 2.24) is 0 Å². The predicted molar refractivity (Wildman–Crippen MR) is 64.9 cm³/mol. The van der Waals surface area contributed by atoms with E-state index in [0.717, 1.165) is 0 Å². The average Bonchev–Trinajstić information content (AvgIpc) is 2.20. The van der Waals surface area contributed by atoms with Crippen molar-refractivity contribution in [3.63, 3.8) is 0 Å². The van der Waals surface area contributed by atoms with E-state index in [2.05, 4.69) is 0 Å². The minimum absolute atomic E-state index is 0.0366. The maximum absolute atomic E-state index is 12.7. The summed E-state index contributed by atoms with van der Waals surface area (Å²) in [5.41, 5.74) is 0.607. The summed E-state index contributed by atoms with van der Waals surface area (Å²) in [7, 11) is -1.63. The van der Waals surface area contributed by atoms with Crippen molar-refractivity contribution in [2.24, 2.45) is 5.92 Å². The largest absolute Gasteiger partial charge is 0.384 e. The first-order valence-electron chi connectivity index (χ1n) is 5.37. The van der Waals surface area contributed by atoms with Gasteiger partial charge in [-0.1, -0.05) is 19.1 Å². The quantitative estimate of drug-likeness (QED) is 0.786. The van der Waals surface area contributed by atoms with Gasteiger partial charge in [-0.25, -0.2) is 12.8 Å². The lowest BCUT2D eigenvalue weighted by Crippen LogP contribution is -2.19. The van der Waals surface area contributed by atoms with Crippen LogP contribution in [0.25, 0.3) is 0 Å². The highest BCUT2D eigenvalue weighted by atomic mass is 32.2. The smallest absolute Gasteiger partial charge is 0.154 e. The Morgan fingerprint density at radius 3 is 2.41 bits per heavy atom. The molecule has 0 spiro atoms. The highest BCUT2D eigenvalue weighted by molar-refractivity contribution is 7.90. The lowest BCUT2D eigenvalue weighted by atomic mass is 10.2. The van der Waals surface area contributed by atoms with Crippen LogP contribution in [0.4, 0.5) is 4.39 Å². The molecule has 3 nitrogen and oxygen atoms in total. The van der Waals surface area contributed by atoms with Crippen LogP contribution in [0.5, 0.6) is 0 Å². The van der Waals surface area contributed by atoms with Crippen LogP contribution in [0.2, 0.25) is 0 Å². The van der Waals surface area contributed by atoms with Gasteiger partial charge in [-0.15, -0.1) is 0 Å². The molecule has 5 heteroatoms. The van der Waals surface area contributed by atoms with Gasteiger partial charge < -0.3 is 4.74 Å². The zero-order valence-corrected chi connectivity index (χ0v) is 10.8. The molecule has 1 unspecified atom stereocenters. The first-order valence-corrected chi connectivity index (χ1v) is 7.19. The van der Waals surface area contributed by atoms with Crippen molar-refractivity contribution >= 4 is 9.84 Å². The standard InChI is InChI=1S/C12H17FO3S/c1-10(7-16-2)8-17(14,15)9-11-3-5-12(13)6-4-11/h3-6,10H,7-9H2,1-2H3. The minimum Gasteiger partial charge on any atom is -0.384 e. The monoisotopic (exact) mass is 260 g/mol. The minimum atomic E-state index is -3.17. The Morgan fingerprint density at radius 2 is 1.88 bits per heavy atom. The number of halogens is 1. The van der Waals surface area contributed by atoms with Crippen LogP contribution in [0, 0.1) is 11.7 Å². The van der Waals surface area contributed by atoms with Crippen molar-refractivity contribution < 1.29 is 17.5 Å². The summed E-state index contributed by atoms with van der Waals surface area (Å²) in [4.78, 5) is 0. The SMILES string of the molecule is COCC(C)CS(=O)(=O)Cc1ccc(F)cc1. The maximum Gasteiger partial charge on any atom is 0.154 e. The Hall–Kier alpha value is -0.940. The molecule has 0 bridgehead atoms. The Balaban J connectivity index is 2.63. The van der Waals surface area contributed by atoms with Crippen LogP contribution in [0.15, 0.2) is 24.3 Å². The van der Waals surface area contributed by atoms with Gasteiger partial charge in [-0.05, 0) is 23.6 Å².